The van der Waals surface area contributed by atoms with Crippen molar-refractivity contribution >= 4 is 50.7 Å². The van der Waals surface area contributed by atoms with E-state index in [9.17, 15) is 9.47 Å². The third-order valence-electron chi connectivity index (χ3n) is 5.52. The molecular weight excluding hydrogens is 454 g/mol. The number of hydrogen-bond acceptors (Lipinski definition) is 5. The molecule has 0 radical (unpaired) electrons. The van der Waals surface area contributed by atoms with E-state index < -0.39 is 9.92 Å². The lowest BCUT2D eigenvalue weighted by molar-refractivity contribution is 0.667. The van der Waals surface area contributed by atoms with Crippen LogP contribution in [-0.2, 0) is 9.92 Å². The lowest BCUT2D eigenvalue weighted by atomic mass is 10.0. The Morgan fingerprint density at radius 2 is 2.03 bits per heavy atom. The highest BCUT2D eigenvalue weighted by Gasteiger charge is 2.29. The summed E-state index contributed by atoms with van der Waals surface area (Å²) >= 11 is 3.14. The van der Waals surface area contributed by atoms with E-state index in [0.29, 0.717) is 4.90 Å². The summed E-state index contributed by atoms with van der Waals surface area (Å²) in [6.45, 7) is 6.00. The molecule has 1 aliphatic heterocycles. The minimum Gasteiger partial charge on any atom is -0.248 e. The number of thiophene rings is 1. The van der Waals surface area contributed by atoms with Crippen LogP contribution >= 0.6 is 23.1 Å². The van der Waals surface area contributed by atoms with Crippen molar-refractivity contribution in [2.24, 2.45) is 0 Å². The van der Waals surface area contributed by atoms with Gasteiger partial charge in [-0.3, -0.25) is 0 Å². The first-order valence-electron chi connectivity index (χ1n) is 10.5. The molecular formula is C25H25N3OS3. The zero-order valence-corrected chi connectivity index (χ0v) is 20.8. The van der Waals surface area contributed by atoms with Gasteiger partial charge >= 0.3 is 0 Å². The molecule has 2 aromatic heterocycles. The van der Waals surface area contributed by atoms with Crippen LogP contribution < -0.4 is 10.6 Å². The molecule has 1 aliphatic rings. The van der Waals surface area contributed by atoms with Gasteiger partial charge in [0.05, 0.1) is 25.7 Å². The topological polar surface area (TPSA) is 69.6 Å². The second-order valence-electron chi connectivity index (χ2n) is 7.55. The molecule has 0 spiro atoms. The Morgan fingerprint density at radius 3 is 2.62 bits per heavy atom. The fourth-order valence-corrected chi connectivity index (χ4v) is 7.49. The SMILES string of the molecule is C/C=c1/c(C2=C(C#N)SCC2)c(-c2cccs2)n(S(=N)(=O)c2ccc(C)cc2)/c1=C/CC. The van der Waals surface area contributed by atoms with Crippen molar-refractivity contribution in [2.75, 3.05) is 5.75 Å². The molecule has 0 saturated carbocycles. The van der Waals surface area contributed by atoms with Crippen molar-refractivity contribution in [3.63, 3.8) is 0 Å². The van der Waals surface area contributed by atoms with Crippen LogP contribution in [0, 0.1) is 23.0 Å². The first-order chi connectivity index (χ1) is 15.4. The van der Waals surface area contributed by atoms with E-state index in [2.05, 4.69) is 6.07 Å². The van der Waals surface area contributed by atoms with Gasteiger partial charge in [0, 0.05) is 16.5 Å². The van der Waals surface area contributed by atoms with E-state index in [1.165, 1.54) is 0 Å². The number of rotatable bonds is 5. The van der Waals surface area contributed by atoms with E-state index in [1.54, 1.807) is 39.2 Å². The van der Waals surface area contributed by atoms with Crippen molar-refractivity contribution in [1.29, 1.82) is 10.0 Å². The molecule has 1 unspecified atom stereocenters. The zero-order valence-electron chi connectivity index (χ0n) is 18.3. The summed E-state index contributed by atoms with van der Waals surface area (Å²) < 4.78 is 25.2. The predicted molar refractivity (Wildman–Crippen MR) is 137 cm³/mol. The summed E-state index contributed by atoms with van der Waals surface area (Å²) in [4.78, 5) is 2.15. The van der Waals surface area contributed by atoms with Gasteiger partial charge in [0.25, 0.3) is 0 Å². The Bertz CT molecular complexity index is 1450. The van der Waals surface area contributed by atoms with Gasteiger partial charge in [-0.1, -0.05) is 42.8 Å². The number of nitrogens with zero attached hydrogens (tertiary/aromatic N) is 2. The lowest BCUT2D eigenvalue weighted by Crippen LogP contribution is -2.33. The van der Waals surface area contributed by atoms with E-state index in [1.807, 2.05) is 62.6 Å². The molecule has 1 aromatic carbocycles. The summed E-state index contributed by atoms with van der Waals surface area (Å²) in [7, 11) is -3.37. The predicted octanol–water partition coefficient (Wildman–Crippen LogP) is 5.76. The Hall–Kier alpha value is -2.53. The average molecular weight is 480 g/mol. The normalized spacial score (nSPS) is 17.1. The standard InChI is InChI=1S/C25H25N3OS3/c1-4-7-21-19(5-2)24(20-13-15-31-23(20)16-26)25(22-8-6-14-30-22)28(21)32(27,29)18-11-9-17(3)10-12-18/h5-12,14,27H,4,13,15H2,1-3H3/b19-5+,21-7+. The molecule has 32 heavy (non-hydrogen) atoms. The average Bonchev–Trinajstić information content (AvgIpc) is 3.52. The third kappa shape index (κ3) is 3.77. The molecule has 3 heterocycles. The Balaban J connectivity index is 2.22. The Morgan fingerprint density at radius 1 is 1.28 bits per heavy atom. The number of aromatic nitrogens is 1. The molecule has 3 aromatic rings. The summed E-state index contributed by atoms with van der Waals surface area (Å²) in [6, 6.07) is 13.7. The second-order valence-corrected chi connectivity index (χ2v) is 11.5. The Kier molecular flexibility index (Phi) is 6.47. The largest absolute Gasteiger partial charge is 0.248 e. The van der Waals surface area contributed by atoms with Gasteiger partial charge in [-0.05, 0) is 55.8 Å². The number of hydrogen-bond donors (Lipinski definition) is 1. The van der Waals surface area contributed by atoms with Crippen LogP contribution in [0.4, 0.5) is 0 Å². The molecule has 4 rings (SSSR count). The van der Waals surface area contributed by atoms with Gasteiger partial charge in [-0.2, -0.15) is 5.26 Å². The van der Waals surface area contributed by atoms with E-state index in [4.69, 9.17) is 4.78 Å². The smallest absolute Gasteiger partial charge is 0.163 e. The van der Waals surface area contributed by atoms with Crippen LogP contribution in [0.2, 0.25) is 0 Å². The Labute approximate surface area is 197 Å². The first-order valence-corrected chi connectivity index (χ1v) is 13.9. The molecule has 4 nitrogen and oxygen atoms in total. The van der Waals surface area contributed by atoms with E-state index >= 15 is 0 Å². The highest BCUT2D eigenvalue weighted by molar-refractivity contribution is 8.03. The van der Waals surface area contributed by atoms with Crippen LogP contribution in [0.3, 0.4) is 0 Å². The molecule has 1 N–H and O–H groups in total. The molecule has 0 bridgehead atoms. The molecule has 164 valence electrons. The second kappa shape index (κ2) is 9.14. The maximum absolute atomic E-state index is 14.3. The quantitative estimate of drug-likeness (QED) is 0.506. The monoisotopic (exact) mass is 479 g/mol. The van der Waals surface area contributed by atoms with Gasteiger partial charge in [0.2, 0.25) is 0 Å². The molecule has 0 amide bonds. The highest BCUT2D eigenvalue weighted by Crippen LogP contribution is 2.41. The maximum Gasteiger partial charge on any atom is 0.163 e. The van der Waals surface area contributed by atoms with E-state index in [0.717, 1.165) is 61.3 Å². The molecule has 7 heteroatoms. The van der Waals surface area contributed by atoms with Gasteiger partial charge in [0.1, 0.15) is 6.07 Å². The van der Waals surface area contributed by atoms with Gasteiger partial charge in [-0.15, -0.1) is 23.1 Å². The number of benzene rings is 1. The lowest BCUT2D eigenvalue weighted by Gasteiger charge is -2.15. The summed E-state index contributed by atoms with van der Waals surface area (Å²) in [5.74, 6) is 0.859. The zero-order chi connectivity index (χ0) is 22.9. The summed E-state index contributed by atoms with van der Waals surface area (Å²) in [5, 5.41) is 13.5. The molecule has 0 saturated heterocycles. The van der Waals surface area contributed by atoms with E-state index in [-0.39, 0.29) is 0 Å². The summed E-state index contributed by atoms with van der Waals surface area (Å²) in [5.41, 5.74) is 3.78. The number of nitriles is 1. The minimum absolute atomic E-state index is 0.478. The highest BCUT2D eigenvalue weighted by atomic mass is 32.2. The number of nitrogens with one attached hydrogen (secondary N) is 1. The van der Waals surface area contributed by atoms with Crippen molar-refractivity contribution in [3.8, 4) is 16.6 Å². The van der Waals surface area contributed by atoms with Crippen molar-refractivity contribution in [1.82, 2.24) is 3.97 Å². The summed E-state index contributed by atoms with van der Waals surface area (Å²) in [6.07, 6.45) is 5.61. The minimum atomic E-state index is -3.37. The van der Waals surface area contributed by atoms with Crippen molar-refractivity contribution in [3.05, 3.63) is 68.4 Å². The van der Waals surface area contributed by atoms with Crippen LogP contribution in [0.15, 0.2) is 51.6 Å². The van der Waals surface area contributed by atoms with Crippen LogP contribution in [0.1, 0.15) is 37.8 Å². The van der Waals surface area contributed by atoms with Crippen LogP contribution in [0.5, 0.6) is 0 Å². The fourth-order valence-electron chi connectivity index (χ4n) is 4.10. The van der Waals surface area contributed by atoms with Gasteiger partial charge in [0.15, 0.2) is 9.92 Å². The van der Waals surface area contributed by atoms with Gasteiger partial charge < -0.3 is 0 Å². The number of allylic oxidation sites excluding steroid dienone is 2. The molecule has 0 aliphatic carbocycles. The number of aryl methyl sites for hydroxylation is 1. The van der Waals surface area contributed by atoms with Crippen molar-refractivity contribution in [2.45, 2.75) is 38.5 Å². The maximum atomic E-state index is 14.3. The van der Waals surface area contributed by atoms with Crippen molar-refractivity contribution < 1.29 is 4.21 Å². The number of thioether (sulfide) groups is 1. The fraction of sp³-hybridized carbons (Fsp3) is 0.240. The van der Waals surface area contributed by atoms with Crippen LogP contribution in [-0.4, -0.2) is 13.9 Å². The first kappa shape index (κ1) is 22.7. The van der Waals surface area contributed by atoms with Gasteiger partial charge in [-0.25, -0.2) is 13.0 Å². The van der Waals surface area contributed by atoms with Crippen LogP contribution in [0.25, 0.3) is 28.3 Å². The molecule has 1 atom stereocenters. The molecule has 0 fully saturated rings. The third-order valence-corrected chi connectivity index (χ3v) is 9.23.